The fraction of sp³-hybridized carbons (Fsp3) is 0.650. The molecule has 25 heavy (non-hydrogen) atoms. The highest BCUT2D eigenvalue weighted by molar-refractivity contribution is 9.10. The second kappa shape index (κ2) is 6.66. The fourth-order valence-corrected chi connectivity index (χ4v) is 4.99. The monoisotopic (exact) mass is 425 g/mol. The van der Waals surface area contributed by atoms with Gasteiger partial charge in [-0.1, -0.05) is 26.4 Å². The summed E-state index contributed by atoms with van der Waals surface area (Å²) < 4.78 is 24.1. The Balaban J connectivity index is 2.03. The predicted octanol–water partition coefficient (Wildman–Crippen LogP) is 5.22. The molecule has 1 aromatic rings. The summed E-state index contributed by atoms with van der Waals surface area (Å²) in [6.07, 6.45) is 5.09. The molecule has 0 amide bonds. The minimum Gasteiger partial charge on any atom is -0.591 e. The Bertz CT molecular complexity index is 687. The number of benzene rings is 1. The fourth-order valence-electron chi connectivity index (χ4n) is 3.90. The summed E-state index contributed by atoms with van der Waals surface area (Å²) in [6.45, 7) is 8.15. The Labute approximate surface area is 163 Å². The third kappa shape index (κ3) is 3.71. The average Bonchev–Trinajstić information content (AvgIpc) is 2.83. The van der Waals surface area contributed by atoms with E-state index in [0.717, 1.165) is 42.3 Å². The third-order valence-corrected chi connectivity index (χ3v) is 7.70. The summed E-state index contributed by atoms with van der Waals surface area (Å²) in [5.41, 5.74) is 3.51. The Morgan fingerprint density at radius 3 is 2.40 bits per heavy atom. The van der Waals surface area contributed by atoms with Crippen LogP contribution in [-0.2, 0) is 22.5 Å². The number of hydrogen-bond donors (Lipinski definition) is 0. The van der Waals surface area contributed by atoms with Crippen LogP contribution in [0.15, 0.2) is 27.1 Å². The van der Waals surface area contributed by atoms with E-state index < -0.39 is 11.4 Å². The second-order valence-electron chi connectivity index (χ2n) is 8.71. The van der Waals surface area contributed by atoms with Crippen LogP contribution < -0.4 is 0 Å². The van der Waals surface area contributed by atoms with Gasteiger partial charge in [0, 0.05) is 22.6 Å². The van der Waals surface area contributed by atoms with Crippen molar-refractivity contribution in [1.82, 2.24) is 0 Å². The van der Waals surface area contributed by atoms with Crippen molar-refractivity contribution in [2.24, 2.45) is 9.81 Å². The third-order valence-electron chi connectivity index (χ3n) is 5.81. The van der Waals surface area contributed by atoms with Crippen molar-refractivity contribution in [3.8, 4) is 0 Å². The van der Waals surface area contributed by atoms with Crippen molar-refractivity contribution in [1.29, 1.82) is 0 Å². The number of fused-ring (bicyclic) bond motifs is 1. The molecule has 1 fully saturated rings. The molecular weight excluding hydrogens is 398 g/mol. The summed E-state index contributed by atoms with van der Waals surface area (Å²) >= 11 is 2.34. The molecule has 0 bridgehead atoms. The summed E-state index contributed by atoms with van der Waals surface area (Å²) in [4.78, 5) is 0. The summed E-state index contributed by atoms with van der Waals surface area (Å²) in [5, 5.41) is 0. The Morgan fingerprint density at radius 2 is 1.84 bits per heavy atom. The van der Waals surface area contributed by atoms with E-state index in [1.165, 1.54) is 11.1 Å². The van der Waals surface area contributed by atoms with Gasteiger partial charge in [-0.3, -0.25) is 0 Å². The van der Waals surface area contributed by atoms with Gasteiger partial charge in [-0.25, -0.2) is 0 Å². The van der Waals surface area contributed by atoms with Gasteiger partial charge in [0.1, 0.15) is 21.8 Å². The number of methoxy groups -OCH3 is 1. The first-order valence-corrected chi connectivity index (χ1v) is 10.8. The minimum atomic E-state index is -1.25. The van der Waals surface area contributed by atoms with E-state index in [9.17, 15) is 4.55 Å². The molecule has 0 N–H and O–H groups in total. The lowest BCUT2D eigenvalue weighted by Crippen LogP contribution is -2.42. The number of nitrogens with zero attached hydrogens (tertiary/aromatic N) is 1. The lowest BCUT2D eigenvalue weighted by Gasteiger charge is -2.42. The smallest absolute Gasteiger partial charge is 0.144 e. The lowest BCUT2D eigenvalue weighted by molar-refractivity contribution is -0.0407. The SMILES string of the molecule is CO[C@]1(C)CC[C@@]2(CC1)Cc1ccc(Br)cc1/C2=N\[S+]([O-])C(C)(C)C. The predicted molar refractivity (Wildman–Crippen MR) is 109 cm³/mol. The van der Waals surface area contributed by atoms with E-state index >= 15 is 0 Å². The first-order valence-electron chi connectivity index (χ1n) is 8.94. The number of ether oxygens (including phenoxy) is 1. The van der Waals surface area contributed by atoms with Crippen LogP contribution in [0.2, 0.25) is 0 Å². The van der Waals surface area contributed by atoms with Crippen LogP contribution in [-0.4, -0.2) is 27.7 Å². The van der Waals surface area contributed by atoms with Crippen LogP contribution >= 0.6 is 15.9 Å². The average molecular weight is 426 g/mol. The molecule has 0 radical (unpaired) electrons. The van der Waals surface area contributed by atoms with Gasteiger partial charge in [0.25, 0.3) is 0 Å². The molecule has 2 aliphatic carbocycles. The normalized spacial score (nSPS) is 32.2. The summed E-state index contributed by atoms with van der Waals surface area (Å²) in [6, 6.07) is 6.43. The molecule has 0 aromatic heterocycles. The highest BCUT2D eigenvalue weighted by Crippen LogP contribution is 2.51. The van der Waals surface area contributed by atoms with Gasteiger partial charge >= 0.3 is 0 Å². The van der Waals surface area contributed by atoms with Gasteiger partial charge < -0.3 is 9.29 Å². The first kappa shape index (κ1) is 19.4. The molecule has 3 nitrogen and oxygen atoms in total. The molecule has 1 saturated carbocycles. The molecule has 3 rings (SSSR count). The highest BCUT2D eigenvalue weighted by atomic mass is 79.9. The Hall–Kier alpha value is -0.360. The van der Waals surface area contributed by atoms with E-state index in [2.05, 4.69) is 41.1 Å². The van der Waals surface area contributed by atoms with Crippen LogP contribution in [0.25, 0.3) is 0 Å². The first-order chi connectivity index (χ1) is 11.6. The van der Waals surface area contributed by atoms with Crippen molar-refractivity contribution < 1.29 is 9.29 Å². The maximum Gasteiger partial charge on any atom is 0.144 e. The molecule has 1 aromatic carbocycles. The van der Waals surface area contributed by atoms with E-state index in [1.54, 1.807) is 0 Å². The van der Waals surface area contributed by atoms with Crippen LogP contribution in [0.4, 0.5) is 0 Å². The standard InChI is InChI=1S/C20H28BrNO2S/c1-18(2,3)25(23)22-17-16-12-15(21)7-6-14(16)13-20(17)10-8-19(4,24-5)9-11-20/h6-7,12H,8-11,13H2,1-5H3/b22-17+/t19-,20-,25?. The van der Waals surface area contributed by atoms with E-state index in [0.29, 0.717) is 0 Å². The zero-order valence-corrected chi connectivity index (χ0v) is 18.2. The number of rotatable bonds is 2. The second-order valence-corrected chi connectivity index (χ2v) is 11.5. The van der Waals surface area contributed by atoms with Crippen molar-refractivity contribution in [2.45, 2.75) is 70.1 Å². The molecule has 1 unspecified atom stereocenters. The molecule has 2 aliphatic rings. The molecule has 1 atom stereocenters. The molecule has 0 aliphatic heterocycles. The lowest BCUT2D eigenvalue weighted by atomic mass is 9.66. The van der Waals surface area contributed by atoms with Crippen LogP contribution in [0, 0.1) is 5.41 Å². The maximum atomic E-state index is 12.8. The van der Waals surface area contributed by atoms with Crippen LogP contribution in [0.3, 0.4) is 0 Å². The van der Waals surface area contributed by atoms with Crippen molar-refractivity contribution in [3.63, 3.8) is 0 Å². The molecule has 5 heteroatoms. The van der Waals surface area contributed by atoms with E-state index in [1.807, 2.05) is 27.9 Å². The Kier molecular flexibility index (Phi) is 5.17. The van der Waals surface area contributed by atoms with Crippen molar-refractivity contribution in [3.05, 3.63) is 33.8 Å². The van der Waals surface area contributed by atoms with E-state index in [-0.39, 0.29) is 15.8 Å². The van der Waals surface area contributed by atoms with Crippen LogP contribution in [0.5, 0.6) is 0 Å². The largest absolute Gasteiger partial charge is 0.591 e. The van der Waals surface area contributed by atoms with Gasteiger partial charge in [0.15, 0.2) is 0 Å². The van der Waals surface area contributed by atoms with Crippen LogP contribution in [0.1, 0.15) is 64.5 Å². The van der Waals surface area contributed by atoms with Gasteiger partial charge in [0.2, 0.25) is 0 Å². The molecule has 0 heterocycles. The van der Waals surface area contributed by atoms with Gasteiger partial charge in [-0.05, 0) is 77.5 Å². The van der Waals surface area contributed by atoms with Crippen molar-refractivity contribution in [2.75, 3.05) is 7.11 Å². The summed E-state index contributed by atoms with van der Waals surface area (Å²) in [5.74, 6) is 0. The number of halogens is 1. The zero-order chi connectivity index (χ0) is 18.5. The quantitative estimate of drug-likeness (QED) is 0.609. The molecule has 138 valence electrons. The minimum absolute atomic E-state index is 0.00206. The van der Waals surface area contributed by atoms with E-state index in [4.69, 9.17) is 9.13 Å². The van der Waals surface area contributed by atoms with Crippen molar-refractivity contribution >= 4 is 33.0 Å². The van der Waals surface area contributed by atoms with Gasteiger partial charge in [-0.2, -0.15) is 0 Å². The van der Waals surface area contributed by atoms with Gasteiger partial charge in [0.05, 0.1) is 5.60 Å². The molecule has 1 spiro atoms. The Morgan fingerprint density at radius 1 is 1.20 bits per heavy atom. The topological polar surface area (TPSA) is 44.6 Å². The summed E-state index contributed by atoms with van der Waals surface area (Å²) in [7, 11) is 1.81. The molecular formula is C20H28BrNO2S. The maximum absolute atomic E-state index is 12.8. The van der Waals surface area contributed by atoms with Gasteiger partial charge in [-0.15, -0.1) is 0 Å². The highest BCUT2D eigenvalue weighted by Gasteiger charge is 2.50. The number of hydrogen-bond acceptors (Lipinski definition) is 3. The zero-order valence-electron chi connectivity index (χ0n) is 15.8. The molecule has 0 saturated heterocycles.